The highest BCUT2D eigenvalue weighted by atomic mass is 19.1. The molecular formula is C13H13F2NO. The van der Waals surface area contributed by atoms with Crippen LogP contribution >= 0.6 is 0 Å². The largest absolute Gasteiger partial charge is 0.469 e. The number of nitrogens with two attached hydrogens (primary N) is 1. The van der Waals surface area contributed by atoms with Gasteiger partial charge in [0, 0.05) is 18.5 Å². The zero-order valence-corrected chi connectivity index (χ0v) is 9.20. The van der Waals surface area contributed by atoms with E-state index in [1.54, 1.807) is 12.3 Å². The van der Waals surface area contributed by atoms with Gasteiger partial charge in [-0.2, -0.15) is 0 Å². The van der Waals surface area contributed by atoms with Crippen LogP contribution in [-0.2, 0) is 6.42 Å². The maximum atomic E-state index is 13.0. The lowest BCUT2D eigenvalue weighted by atomic mass is 10.0. The number of benzene rings is 1. The van der Waals surface area contributed by atoms with E-state index in [4.69, 9.17) is 10.2 Å². The molecule has 17 heavy (non-hydrogen) atoms. The van der Waals surface area contributed by atoms with Crippen molar-refractivity contribution < 1.29 is 13.2 Å². The lowest BCUT2D eigenvalue weighted by molar-refractivity contribution is 0.487. The van der Waals surface area contributed by atoms with Crippen molar-refractivity contribution in [3.8, 4) is 0 Å². The first-order valence-corrected chi connectivity index (χ1v) is 5.39. The van der Waals surface area contributed by atoms with E-state index in [1.807, 2.05) is 6.07 Å². The van der Waals surface area contributed by atoms with Crippen molar-refractivity contribution in [2.45, 2.75) is 18.9 Å². The van der Waals surface area contributed by atoms with E-state index in [1.165, 1.54) is 12.1 Å². The maximum absolute atomic E-state index is 13.0. The molecule has 0 spiro atoms. The average Bonchev–Trinajstić information content (AvgIpc) is 2.77. The zero-order chi connectivity index (χ0) is 12.3. The number of rotatable bonds is 4. The summed E-state index contributed by atoms with van der Waals surface area (Å²) < 4.78 is 31.1. The van der Waals surface area contributed by atoms with E-state index in [9.17, 15) is 8.78 Å². The second-order valence-corrected chi connectivity index (χ2v) is 3.93. The minimum absolute atomic E-state index is 0.398. The van der Waals surface area contributed by atoms with Gasteiger partial charge in [0.15, 0.2) is 0 Å². The van der Waals surface area contributed by atoms with E-state index in [2.05, 4.69) is 0 Å². The Labute approximate surface area is 98.0 Å². The van der Waals surface area contributed by atoms with Gasteiger partial charge in [-0.3, -0.25) is 0 Å². The first-order chi connectivity index (χ1) is 8.15. The molecule has 0 bridgehead atoms. The Morgan fingerprint density at radius 2 is 1.88 bits per heavy atom. The fraction of sp³-hybridized carbons (Fsp3) is 0.231. The van der Waals surface area contributed by atoms with Gasteiger partial charge < -0.3 is 10.2 Å². The topological polar surface area (TPSA) is 39.2 Å². The van der Waals surface area contributed by atoms with Crippen molar-refractivity contribution in [1.82, 2.24) is 0 Å². The summed E-state index contributed by atoms with van der Waals surface area (Å²) in [5.41, 5.74) is 6.34. The number of hydrogen-bond acceptors (Lipinski definition) is 2. The molecule has 0 aliphatic carbocycles. The van der Waals surface area contributed by atoms with E-state index >= 15 is 0 Å². The molecule has 2 N–H and O–H groups in total. The first-order valence-electron chi connectivity index (χ1n) is 5.39. The van der Waals surface area contributed by atoms with Gasteiger partial charge in [-0.15, -0.1) is 0 Å². The minimum Gasteiger partial charge on any atom is -0.469 e. The van der Waals surface area contributed by atoms with Crippen molar-refractivity contribution in [1.29, 1.82) is 0 Å². The summed E-state index contributed by atoms with van der Waals surface area (Å²) in [4.78, 5) is 0. The van der Waals surface area contributed by atoms with Crippen LogP contribution in [0.5, 0.6) is 0 Å². The third-order valence-corrected chi connectivity index (χ3v) is 2.59. The molecule has 1 heterocycles. The standard InChI is InChI=1S/C13H13F2NO/c14-10-6-9(7-11(15)8-10)13(16)4-3-12-2-1-5-17-12/h1-2,5-8,13H,3-4,16H2. The smallest absolute Gasteiger partial charge is 0.126 e. The molecule has 1 aromatic heterocycles. The van der Waals surface area contributed by atoms with Gasteiger partial charge in [-0.25, -0.2) is 8.78 Å². The quantitative estimate of drug-likeness (QED) is 0.886. The molecule has 0 radical (unpaired) electrons. The van der Waals surface area contributed by atoms with Crippen molar-refractivity contribution in [3.05, 3.63) is 59.6 Å². The Balaban J connectivity index is 2.01. The fourth-order valence-corrected chi connectivity index (χ4v) is 1.71. The third kappa shape index (κ3) is 3.14. The Bertz CT molecular complexity index is 462. The Kier molecular flexibility index (Phi) is 3.54. The number of furan rings is 1. The zero-order valence-electron chi connectivity index (χ0n) is 9.20. The van der Waals surface area contributed by atoms with E-state index in [-0.39, 0.29) is 0 Å². The molecule has 2 rings (SSSR count). The molecule has 1 unspecified atom stereocenters. The van der Waals surface area contributed by atoms with Crippen molar-refractivity contribution in [2.75, 3.05) is 0 Å². The molecular weight excluding hydrogens is 224 g/mol. The highest BCUT2D eigenvalue weighted by Crippen LogP contribution is 2.19. The maximum Gasteiger partial charge on any atom is 0.126 e. The number of hydrogen-bond donors (Lipinski definition) is 1. The van der Waals surface area contributed by atoms with Gasteiger partial charge >= 0.3 is 0 Å². The molecule has 2 nitrogen and oxygen atoms in total. The van der Waals surface area contributed by atoms with Crippen LogP contribution < -0.4 is 5.73 Å². The molecule has 90 valence electrons. The summed E-state index contributed by atoms with van der Waals surface area (Å²) >= 11 is 0. The molecule has 0 saturated heterocycles. The summed E-state index contributed by atoms with van der Waals surface area (Å²) in [6, 6.07) is 6.60. The highest BCUT2D eigenvalue weighted by Gasteiger charge is 2.10. The minimum atomic E-state index is -0.603. The van der Waals surface area contributed by atoms with Crippen LogP contribution in [0.2, 0.25) is 0 Å². The molecule has 0 aliphatic rings. The van der Waals surface area contributed by atoms with Crippen LogP contribution in [-0.4, -0.2) is 0 Å². The molecule has 0 fully saturated rings. The lowest BCUT2D eigenvalue weighted by Crippen LogP contribution is -2.11. The molecule has 2 aromatic rings. The van der Waals surface area contributed by atoms with Gasteiger partial charge in [-0.1, -0.05) is 0 Å². The van der Waals surface area contributed by atoms with Gasteiger partial charge in [0.05, 0.1) is 6.26 Å². The van der Waals surface area contributed by atoms with Crippen molar-refractivity contribution >= 4 is 0 Å². The predicted molar refractivity (Wildman–Crippen MR) is 60.3 cm³/mol. The third-order valence-electron chi connectivity index (χ3n) is 2.59. The summed E-state index contributed by atoms with van der Waals surface area (Å²) in [6.07, 6.45) is 2.81. The van der Waals surface area contributed by atoms with Crippen LogP contribution in [0.15, 0.2) is 41.0 Å². The molecule has 0 amide bonds. The SMILES string of the molecule is NC(CCc1ccco1)c1cc(F)cc(F)c1. The summed E-state index contributed by atoms with van der Waals surface area (Å²) in [5, 5.41) is 0. The van der Waals surface area contributed by atoms with E-state index in [0.29, 0.717) is 18.4 Å². The highest BCUT2D eigenvalue weighted by molar-refractivity contribution is 5.21. The van der Waals surface area contributed by atoms with Crippen LogP contribution in [0, 0.1) is 11.6 Å². The van der Waals surface area contributed by atoms with Crippen LogP contribution in [0.1, 0.15) is 23.8 Å². The average molecular weight is 237 g/mol. The Hall–Kier alpha value is -1.68. The summed E-state index contributed by atoms with van der Waals surface area (Å²) in [7, 11) is 0. The van der Waals surface area contributed by atoms with E-state index < -0.39 is 17.7 Å². The Morgan fingerprint density at radius 3 is 2.47 bits per heavy atom. The molecule has 0 aliphatic heterocycles. The number of aryl methyl sites for hydroxylation is 1. The van der Waals surface area contributed by atoms with Crippen LogP contribution in [0.4, 0.5) is 8.78 Å². The normalized spacial score (nSPS) is 12.6. The molecule has 4 heteroatoms. The monoisotopic (exact) mass is 237 g/mol. The van der Waals surface area contributed by atoms with Crippen LogP contribution in [0.3, 0.4) is 0 Å². The predicted octanol–water partition coefficient (Wildman–Crippen LogP) is 3.19. The first kappa shape index (κ1) is 11.8. The summed E-state index contributed by atoms with van der Waals surface area (Å²) in [6.45, 7) is 0. The number of halogens is 2. The second-order valence-electron chi connectivity index (χ2n) is 3.93. The molecule has 0 saturated carbocycles. The van der Waals surface area contributed by atoms with Gasteiger partial charge in [0.25, 0.3) is 0 Å². The van der Waals surface area contributed by atoms with Crippen LogP contribution in [0.25, 0.3) is 0 Å². The van der Waals surface area contributed by atoms with E-state index in [0.717, 1.165) is 11.8 Å². The fourth-order valence-electron chi connectivity index (χ4n) is 1.71. The Morgan fingerprint density at radius 1 is 1.18 bits per heavy atom. The van der Waals surface area contributed by atoms with Gasteiger partial charge in [0.2, 0.25) is 0 Å². The van der Waals surface area contributed by atoms with Gasteiger partial charge in [-0.05, 0) is 36.2 Å². The molecule has 1 atom stereocenters. The molecule has 1 aromatic carbocycles. The van der Waals surface area contributed by atoms with Gasteiger partial charge in [0.1, 0.15) is 17.4 Å². The lowest BCUT2D eigenvalue weighted by Gasteiger charge is -2.11. The summed E-state index contributed by atoms with van der Waals surface area (Å²) in [5.74, 6) is -0.390. The second kappa shape index (κ2) is 5.10. The van der Waals surface area contributed by atoms with Crippen molar-refractivity contribution in [3.63, 3.8) is 0 Å². The van der Waals surface area contributed by atoms with Crippen molar-refractivity contribution in [2.24, 2.45) is 5.73 Å².